The maximum absolute atomic E-state index is 11.8. The van der Waals surface area contributed by atoms with Crippen LogP contribution in [0, 0.1) is 0 Å². The van der Waals surface area contributed by atoms with Gasteiger partial charge in [0, 0.05) is 20.1 Å². The van der Waals surface area contributed by atoms with Crippen LogP contribution in [0.15, 0.2) is 6.07 Å². The Kier molecular flexibility index (Phi) is 2.56. The van der Waals surface area contributed by atoms with Gasteiger partial charge in [0.1, 0.15) is 4.88 Å². The quantitative estimate of drug-likeness (QED) is 0.815. The Labute approximate surface area is 93.1 Å². The molecule has 1 fully saturated rings. The summed E-state index contributed by atoms with van der Waals surface area (Å²) in [4.78, 5) is 14.3. The van der Waals surface area contributed by atoms with Crippen molar-refractivity contribution in [2.24, 2.45) is 0 Å². The summed E-state index contributed by atoms with van der Waals surface area (Å²) < 4.78 is 0. The zero-order valence-electron chi connectivity index (χ0n) is 8.91. The Morgan fingerprint density at radius 2 is 2.27 bits per heavy atom. The molecule has 1 aromatic heterocycles. The molecule has 0 spiro atoms. The van der Waals surface area contributed by atoms with Crippen LogP contribution < -0.4 is 16.0 Å². The summed E-state index contributed by atoms with van der Waals surface area (Å²) in [5.41, 5.74) is 6.37. The van der Waals surface area contributed by atoms with E-state index in [1.807, 2.05) is 25.1 Å². The summed E-state index contributed by atoms with van der Waals surface area (Å²) in [5, 5.41) is 3.94. The highest BCUT2D eigenvalue weighted by atomic mass is 32.1. The average molecular weight is 225 g/mol. The zero-order valence-corrected chi connectivity index (χ0v) is 9.73. The smallest absolute Gasteiger partial charge is 0.263 e. The molecule has 0 aromatic carbocycles. The SMILES string of the molecule is CN(C)c1cc(N)c(C(=O)NC2CC2)s1. The van der Waals surface area contributed by atoms with E-state index in [-0.39, 0.29) is 5.91 Å². The summed E-state index contributed by atoms with van der Waals surface area (Å²) in [6.07, 6.45) is 2.19. The van der Waals surface area contributed by atoms with Gasteiger partial charge >= 0.3 is 0 Å². The van der Waals surface area contributed by atoms with Gasteiger partial charge in [-0.3, -0.25) is 4.79 Å². The maximum Gasteiger partial charge on any atom is 0.263 e. The molecule has 1 amide bonds. The molecule has 4 nitrogen and oxygen atoms in total. The lowest BCUT2D eigenvalue weighted by atomic mass is 10.3. The second-order valence-corrected chi connectivity index (χ2v) is 5.04. The van der Waals surface area contributed by atoms with Crippen LogP contribution in [0.3, 0.4) is 0 Å². The predicted octanol–water partition coefficient (Wildman–Crippen LogP) is 1.29. The van der Waals surface area contributed by atoms with E-state index in [2.05, 4.69) is 5.32 Å². The minimum absolute atomic E-state index is 0.0342. The van der Waals surface area contributed by atoms with Gasteiger partial charge in [-0.1, -0.05) is 0 Å². The molecular weight excluding hydrogens is 210 g/mol. The first kappa shape index (κ1) is 10.3. The fourth-order valence-electron chi connectivity index (χ4n) is 1.27. The first-order valence-electron chi connectivity index (χ1n) is 4.95. The maximum atomic E-state index is 11.8. The molecule has 0 unspecified atom stereocenters. The molecule has 1 heterocycles. The molecule has 1 aromatic rings. The molecule has 0 radical (unpaired) electrons. The van der Waals surface area contributed by atoms with Crippen molar-refractivity contribution in [1.82, 2.24) is 5.32 Å². The van der Waals surface area contributed by atoms with Crippen LogP contribution in [-0.4, -0.2) is 26.0 Å². The fraction of sp³-hybridized carbons (Fsp3) is 0.500. The Hall–Kier alpha value is -1.23. The van der Waals surface area contributed by atoms with Gasteiger partial charge in [0.25, 0.3) is 5.91 Å². The Morgan fingerprint density at radius 1 is 1.60 bits per heavy atom. The van der Waals surface area contributed by atoms with Gasteiger partial charge in [-0.15, -0.1) is 11.3 Å². The molecule has 1 aliphatic carbocycles. The van der Waals surface area contributed by atoms with Gasteiger partial charge in [0.05, 0.1) is 10.7 Å². The van der Waals surface area contributed by atoms with E-state index >= 15 is 0 Å². The number of carbonyl (C=O) groups excluding carboxylic acids is 1. The number of amides is 1. The highest BCUT2D eigenvalue weighted by molar-refractivity contribution is 7.18. The number of hydrogen-bond donors (Lipinski definition) is 2. The summed E-state index contributed by atoms with van der Waals surface area (Å²) >= 11 is 1.43. The van der Waals surface area contributed by atoms with Crippen LogP contribution in [0.2, 0.25) is 0 Å². The van der Waals surface area contributed by atoms with Gasteiger partial charge in [-0.2, -0.15) is 0 Å². The van der Waals surface area contributed by atoms with Crippen LogP contribution in [-0.2, 0) is 0 Å². The van der Waals surface area contributed by atoms with Gasteiger partial charge in [-0.05, 0) is 18.9 Å². The van der Waals surface area contributed by atoms with Crippen LogP contribution in [0.1, 0.15) is 22.5 Å². The fourth-order valence-corrected chi connectivity index (χ4v) is 2.17. The summed E-state index contributed by atoms with van der Waals surface area (Å²) in [6.45, 7) is 0. The highest BCUT2D eigenvalue weighted by Gasteiger charge is 2.25. The second-order valence-electron chi connectivity index (χ2n) is 4.01. The normalized spacial score (nSPS) is 15.1. The summed E-state index contributed by atoms with van der Waals surface area (Å²) in [7, 11) is 3.88. The number of nitrogens with two attached hydrogens (primary N) is 1. The molecule has 82 valence electrons. The largest absolute Gasteiger partial charge is 0.397 e. The Balaban J connectivity index is 2.15. The monoisotopic (exact) mass is 225 g/mol. The minimum atomic E-state index is -0.0342. The van der Waals surface area contributed by atoms with Gasteiger partial charge in [0.2, 0.25) is 0 Å². The molecule has 15 heavy (non-hydrogen) atoms. The van der Waals surface area contributed by atoms with Crippen molar-refractivity contribution < 1.29 is 4.79 Å². The molecule has 0 aliphatic heterocycles. The number of nitrogens with zero attached hydrogens (tertiary/aromatic N) is 1. The molecule has 0 atom stereocenters. The van der Waals surface area contributed by atoms with Gasteiger partial charge < -0.3 is 16.0 Å². The van der Waals surface area contributed by atoms with Crippen molar-refractivity contribution in [2.75, 3.05) is 24.7 Å². The molecule has 1 saturated carbocycles. The van der Waals surface area contributed by atoms with E-state index < -0.39 is 0 Å². The molecule has 3 N–H and O–H groups in total. The van der Waals surface area contributed by atoms with E-state index in [4.69, 9.17) is 5.73 Å². The number of anilines is 2. The molecular formula is C10H15N3OS. The first-order chi connectivity index (χ1) is 7.08. The predicted molar refractivity (Wildman–Crippen MR) is 63.5 cm³/mol. The molecule has 0 saturated heterocycles. The Morgan fingerprint density at radius 3 is 2.73 bits per heavy atom. The van der Waals surface area contributed by atoms with Crippen LogP contribution >= 0.6 is 11.3 Å². The number of hydrogen-bond acceptors (Lipinski definition) is 4. The molecule has 0 bridgehead atoms. The number of nitrogen functional groups attached to an aromatic ring is 1. The minimum Gasteiger partial charge on any atom is -0.397 e. The van der Waals surface area contributed by atoms with E-state index in [0.717, 1.165) is 17.8 Å². The lowest BCUT2D eigenvalue weighted by molar-refractivity contribution is 0.0956. The summed E-state index contributed by atoms with van der Waals surface area (Å²) in [5.74, 6) is -0.0342. The lowest BCUT2D eigenvalue weighted by Gasteiger charge is -2.06. The number of thiophene rings is 1. The third-order valence-corrected chi connectivity index (χ3v) is 3.62. The Bertz CT molecular complexity index is 382. The van der Waals surface area contributed by atoms with E-state index in [1.165, 1.54) is 11.3 Å². The third-order valence-electron chi connectivity index (χ3n) is 2.31. The number of carbonyl (C=O) groups is 1. The van der Waals surface area contributed by atoms with Crippen molar-refractivity contribution in [3.63, 3.8) is 0 Å². The van der Waals surface area contributed by atoms with Crippen molar-refractivity contribution >= 4 is 27.9 Å². The average Bonchev–Trinajstić information content (AvgIpc) is 2.86. The molecule has 1 aliphatic rings. The van der Waals surface area contributed by atoms with Crippen molar-refractivity contribution in [2.45, 2.75) is 18.9 Å². The number of rotatable bonds is 3. The summed E-state index contributed by atoms with van der Waals surface area (Å²) in [6, 6.07) is 2.22. The highest BCUT2D eigenvalue weighted by Crippen LogP contribution is 2.31. The van der Waals surface area contributed by atoms with Crippen molar-refractivity contribution in [3.8, 4) is 0 Å². The van der Waals surface area contributed by atoms with E-state index in [9.17, 15) is 4.79 Å². The van der Waals surface area contributed by atoms with Gasteiger partial charge in [0.15, 0.2) is 0 Å². The zero-order chi connectivity index (χ0) is 11.0. The second kappa shape index (κ2) is 3.73. The lowest BCUT2D eigenvalue weighted by Crippen LogP contribution is -2.25. The molecule has 2 rings (SSSR count). The van der Waals surface area contributed by atoms with Crippen molar-refractivity contribution in [1.29, 1.82) is 0 Å². The van der Waals surface area contributed by atoms with E-state index in [1.54, 1.807) is 0 Å². The topological polar surface area (TPSA) is 58.4 Å². The standard InChI is InChI=1S/C10H15N3OS/c1-13(2)8-5-7(11)9(15-8)10(14)12-6-3-4-6/h5-6H,3-4,11H2,1-2H3,(H,12,14). The van der Waals surface area contributed by atoms with Crippen LogP contribution in [0.25, 0.3) is 0 Å². The van der Waals surface area contributed by atoms with E-state index in [0.29, 0.717) is 16.6 Å². The number of nitrogens with one attached hydrogen (secondary N) is 1. The van der Waals surface area contributed by atoms with Gasteiger partial charge in [-0.25, -0.2) is 0 Å². The third kappa shape index (κ3) is 2.23. The van der Waals surface area contributed by atoms with Crippen LogP contribution in [0.5, 0.6) is 0 Å². The first-order valence-corrected chi connectivity index (χ1v) is 5.77. The van der Waals surface area contributed by atoms with Crippen LogP contribution in [0.4, 0.5) is 10.7 Å². The molecule has 5 heteroatoms. The van der Waals surface area contributed by atoms with Crippen molar-refractivity contribution in [3.05, 3.63) is 10.9 Å².